The van der Waals surface area contributed by atoms with Crippen LogP contribution in [-0.2, 0) is 10.0 Å². The highest BCUT2D eigenvalue weighted by Gasteiger charge is 2.37. The van der Waals surface area contributed by atoms with Crippen LogP contribution in [0.5, 0.6) is 5.75 Å². The monoisotopic (exact) mass is 319 g/mol. The van der Waals surface area contributed by atoms with E-state index in [-0.39, 0.29) is 27.3 Å². The summed E-state index contributed by atoms with van der Waals surface area (Å²) in [5, 5.41) is 9.16. The fourth-order valence-corrected chi connectivity index (χ4v) is 3.82. The molecule has 1 N–H and O–H groups in total. The van der Waals surface area contributed by atoms with E-state index >= 15 is 0 Å². The Morgan fingerprint density at radius 2 is 2.05 bits per heavy atom. The molecule has 0 atom stereocenters. The fourth-order valence-electron chi connectivity index (χ4n) is 1.92. The highest BCUT2D eigenvalue weighted by molar-refractivity contribution is 7.89. The average Bonchev–Trinajstić information content (AvgIpc) is 3.20. The van der Waals surface area contributed by atoms with Crippen LogP contribution in [0.1, 0.15) is 23.2 Å². The number of carboxylic acids is 1. The number of hydrogen-bond donors (Lipinski definition) is 1. The highest BCUT2D eigenvalue weighted by atomic mass is 35.5. The van der Waals surface area contributed by atoms with E-state index in [0.29, 0.717) is 0 Å². The van der Waals surface area contributed by atoms with Gasteiger partial charge in [-0.15, -0.1) is 0 Å². The Balaban J connectivity index is 2.63. The van der Waals surface area contributed by atoms with Crippen LogP contribution in [0.4, 0.5) is 0 Å². The second-order valence-corrected chi connectivity index (χ2v) is 6.94. The van der Waals surface area contributed by atoms with Crippen molar-refractivity contribution < 1.29 is 23.1 Å². The van der Waals surface area contributed by atoms with Gasteiger partial charge in [0, 0.05) is 18.1 Å². The van der Waals surface area contributed by atoms with Gasteiger partial charge in [0.1, 0.15) is 10.5 Å². The lowest BCUT2D eigenvalue weighted by atomic mass is 10.2. The number of carboxylic acid groups (broad SMARTS) is 1. The largest absolute Gasteiger partial charge is 0.494 e. The number of aromatic carboxylic acids is 1. The van der Waals surface area contributed by atoms with Gasteiger partial charge in [-0.05, 0) is 25.0 Å². The quantitative estimate of drug-likeness (QED) is 0.895. The molecule has 6 nitrogen and oxygen atoms in total. The molecule has 1 aromatic rings. The van der Waals surface area contributed by atoms with E-state index in [1.54, 1.807) is 0 Å². The number of rotatable bonds is 5. The minimum Gasteiger partial charge on any atom is -0.494 e. The maximum absolute atomic E-state index is 12.5. The summed E-state index contributed by atoms with van der Waals surface area (Å²) in [6.07, 6.45) is 1.59. The van der Waals surface area contributed by atoms with Crippen LogP contribution in [0.3, 0.4) is 0 Å². The molecule has 0 bridgehead atoms. The molecule has 110 valence electrons. The average molecular weight is 320 g/mol. The highest BCUT2D eigenvalue weighted by Crippen LogP contribution is 2.37. The predicted molar refractivity (Wildman–Crippen MR) is 72.9 cm³/mol. The summed E-state index contributed by atoms with van der Waals surface area (Å²) >= 11 is 5.83. The first kappa shape index (κ1) is 15.1. The van der Waals surface area contributed by atoms with Crippen molar-refractivity contribution in [1.82, 2.24) is 4.31 Å². The molecule has 0 heterocycles. The Morgan fingerprint density at radius 3 is 2.50 bits per heavy atom. The zero-order valence-corrected chi connectivity index (χ0v) is 12.5. The molecule has 1 aliphatic rings. The fraction of sp³-hybridized carbons (Fsp3) is 0.417. The molecule has 1 aromatic carbocycles. The summed E-state index contributed by atoms with van der Waals surface area (Å²) < 4.78 is 31.2. The van der Waals surface area contributed by atoms with E-state index in [1.807, 2.05) is 0 Å². The molecule has 20 heavy (non-hydrogen) atoms. The minimum absolute atomic E-state index is 0.0333. The second-order valence-electron chi connectivity index (χ2n) is 4.54. The molecule has 8 heteroatoms. The van der Waals surface area contributed by atoms with E-state index < -0.39 is 16.0 Å². The van der Waals surface area contributed by atoms with Gasteiger partial charge in [-0.3, -0.25) is 0 Å². The maximum Gasteiger partial charge on any atom is 0.339 e. The Labute approximate surface area is 122 Å². The van der Waals surface area contributed by atoms with Gasteiger partial charge in [-0.1, -0.05) is 11.6 Å². The maximum atomic E-state index is 12.5. The third-order valence-electron chi connectivity index (χ3n) is 3.17. The first-order chi connectivity index (χ1) is 9.28. The molecule has 0 unspecified atom stereocenters. The zero-order chi connectivity index (χ0) is 15.1. The molecule has 0 amide bonds. The van der Waals surface area contributed by atoms with Gasteiger partial charge in [0.05, 0.1) is 7.11 Å². The molecular weight excluding hydrogens is 306 g/mol. The third-order valence-corrected chi connectivity index (χ3v) is 5.31. The molecule has 0 aliphatic heterocycles. The van der Waals surface area contributed by atoms with Crippen LogP contribution in [0, 0.1) is 0 Å². The van der Waals surface area contributed by atoms with Gasteiger partial charge < -0.3 is 9.84 Å². The molecule has 2 rings (SSSR count). The molecule has 0 spiro atoms. The van der Waals surface area contributed by atoms with E-state index in [0.717, 1.165) is 12.8 Å². The lowest BCUT2D eigenvalue weighted by Crippen LogP contribution is -2.29. The molecule has 0 saturated heterocycles. The standard InChI is InChI=1S/C12H14ClNO5S/c1-14(8-3-4-8)20(17,18)10-6-7(13)5-9(12(15)16)11(10)19-2/h5-6,8H,3-4H2,1-2H3,(H,15,16). The lowest BCUT2D eigenvalue weighted by molar-refractivity contribution is 0.0693. The van der Waals surface area contributed by atoms with Gasteiger partial charge >= 0.3 is 5.97 Å². The predicted octanol–water partition coefficient (Wildman–Crippen LogP) is 1.83. The molecule has 1 fully saturated rings. The van der Waals surface area contributed by atoms with Crippen LogP contribution < -0.4 is 4.74 Å². The summed E-state index contributed by atoms with van der Waals surface area (Å²) in [7, 11) is -1.14. The molecule has 0 radical (unpaired) electrons. The second kappa shape index (κ2) is 5.23. The van der Waals surface area contributed by atoms with Crippen LogP contribution in [0.2, 0.25) is 5.02 Å². The van der Waals surface area contributed by atoms with Crippen molar-refractivity contribution in [2.75, 3.05) is 14.2 Å². The van der Waals surface area contributed by atoms with Gasteiger partial charge in [-0.2, -0.15) is 4.31 Å². The summed E-state index contributed by atoms with van der Waals surface area (Å²) in [6, 6.07) is 2.33. The van der Waals surface area contributed by atoms with Crippen molar-refractivity contribution in [2.24, 2.45) is 0 Å². The first-order valence-electron chi connectivity index (χ1n) is 5.88. The normalized spacial score (nSPS) is 15.4. The number of methoxy groups -OCH3 is 1. The topological polar surface area (TPSA) is 83.9 Å². The van der Waals surface area contributed by atoms with Crippen molar-refractivity contribution in [3.8, 4) is 5.75 Å². The van der Waals surface area contributed by atoms with Gasteiger partial charge in [-0.25, -0.2) is 13.2 Å². The SMILES string of the molecule is COc1c(C(=O)O)cc(Cl)cc1S(=O)(=O)N(C)C1CC1. The number of nitrogens with zero attached hydrogens (tertiary/aromatic N) is 1. The molecular formula is C12H14ClNO5S. The summed E-state index contributed by atoms with van der Waals surface area (Å²) in [5.74, 6) is -1.50. The van der Waals surface area contributed by atoms with Crippen molar-refractivity contribution in [3.05, 3.63) is 22.7 Å². The van der Waals surface area contributed by atoms with Crippen LogP contribution in [0.25, 0.3) is 0 Å². The van der Waals surface area contributed by atoms with E-state index in [4.69, 9.17) is 21.4 Å². The number of benzene rings is 1. The third kappa shape index (κ3) is 2.61. The van der Waals surface area contributed by atoms with Crippen LogP contribution >= 0.6 is 11.6 Å². The Morgan fingerprint density at radius 1 is 1.45 bits per heavy atom. The lowest BCUT2D eigenvalue weighted by Gasteiger charge is -2.19. The van der Waals surface area contributed by atoms with Gasteiger partial charge in [0.25, 0.3) is 0 Å². The van der Waals surface area contributed by atoms with Crippen molar-refractivity contribution in [3.63, 3.8) is 0 Å². The van der Waals surface area contributed by atoms with Crippen molar-refractivity contribution in [2.45, 2.75) is 23.8 Å². The van der Waals surface area contributed by atoms with E-state index in [2.05, 4.69) is 0 Å². The molecule has 1 aliphatic carbocycles. The Hall–Kier alpha value is -1.31. The van der Waals surface area contributed by atoms with Crippen molar-refractivity contribution in [1.29, 1.82) is 0 Å². The number of halogens is 1. The Bertz CT molecular complexity index is 654. The smallest absolute Gasteiger partial charge is 0.339 e. The number of carbonyl (C=O) groups is 1. The van der Waals surface area contributed by atoms with E-state index in [9.17, 15) is 13.2 Å². The summed E-state index contributed by atoms with van der Waals surface area (Å²) in [6.45, 7) is 0. The van der Waals surface area contributed by atoms with Crippen LogP contribution in [-0.4, -0.2) is 44.0 Å². The van der Waals surface area contributed by atoms with Gasteiger partial charge in [0.2, 0.25) is 10.0 Å². The Kier molecular flexibility index (Phi) is 3.95. The summed E-state index contributed by atoms with van der Waals surface area (Å²) in [4.78, 5) is 11.0. The number of sulfonamides is 1. The minimum atomic E-state index is -3.84. The number of hydrogen-bond acceptors (Lipinski definition) is 4. The van der Waals surface area contributed by atoms with E-state index in [1.165, 1.54) is 30.6 Å². The first-order valence-corrected chi connectivity index (χ1v) is 7.69. The van der Waals surface area contributed by atoms with Gasteiger partial charge in [0.15, 0.2) is 5.75 Å². The summed E-state index contributed by atoms with van der Waals surface area (Å²) in [5.41, 5.74) is -0.275. The van der Waals surface area contributed by atoms with Crippen molar-refractivity contribution >= 4 is 27.6 Å². The zero-order valence-electron chi connectivity index (χ0n) is 11.0. The molecule has 1 saturated carbocycles. The van der Waals surface area contributed by atoms with Crippen LogP contribution in [0.15, 0.2) is 17.0 Å². The number of ether oxygens (including phenoxy) is 1. The molecule has 0 aromatic heterocycles.